The molecule has 62 heavy (non-hydrogen) atoms. The van der Waals surface area contributed by atoms with Gasteiger partial charge in [0, 0.05) is 32.2 Å². The average Bonchev–Trinajstić information content (AvgIpc) is 3.91. The zero-order valence-electron chi connectivity index (χ0n) is 35.2. The van der Waals surface area contributed by atoms with Gasteiger partial charge >= 0.3 is 0 Å². The van der Waals surface area contributed by atoms with Gasteiger partial charge in [0.15, 0.2) is 0 Å². The van der Waals surface area contributed by atoms with E-state index in [1.54, 1.807) is 14.2 Å². The molecule has 0 aromatic heterocycles. The second-order valence-electron chi connectivity index (χ2n) is 15.4. The van der Waals surface area contributed by atoms with Gasteiger partial charge in [-0.1, -0.05) is 94.9 Å². The number of ether oxygens (including phenoxy) is 4. The Kier molecular flexibility index (Phi) is 14.6. The van der Waals surface area contributed by atoms with Crippen LogP contribution < -0.4 is 29.6 Å². The van der Waals surface area contributed by atoms with Gasteiger partial charge < -0.3 is 29.6 Å². The summed E-state index contributed by atoms with van der Waals surface area (Å²) in [5.41, 5.74) is 6.14. The molecule has 0 saturated carbocycles. The normalized spacial score (nSPS) is 17.9. The van der Waals surface area contributed by atoms with Gasteiger partial charge in [-0.15, -0.1) is 0 Å². The van der Waals surface area contributed by atoms with E-state index in [1.165, 1.54) is 0 Å². The Morgan fingerprint density at radius 3 is 1.03 bits per heavy atom. The van der Waals surface area contributed by atoms with Crippen molar-refractivity contribution in [3.63, 3.8) is 0 Å². The molecule has 8 nitrogen and oxygen atoms in total. The van der Waals surface area contributed by atoms with Crippen LogP contribution in [-0.4, -0.2) is 38.1 Å². The first-order chi connectivity index (χ1) is 29.9. The van der Waals surface area contributed by atoms with E-state index in [1.807, 2.05) is 161 Å². The van der Waals surface area contributed by atoms with Crippen molar-refractivity contribution in [3.8, 4) is 23.0 Å². The maximum absolute atomic E-state index is 6.12. The second kappa shape index (κ2) is 20.2. The third-order valence-corrected chi connectivity index (χ3v) is 11.3. The Hall–Kier alpha value is -5.38. The summed E-state index contributed by atoms with van der Waals surface area (Å²) in [6, 6.07) is 42.6. The summed E-state index contributed by atoms with van der Waals surface area (Å²) < 4.78 is 22.9. The molecule has 8 rings (SSSR count). The van der Waals surface area contributed by atoms with Gasteiger partial charge in [-0.3, -0.25) is 9.98 Å². The molecule has 0 amide bonds. The zero-order chi connectivity index (χ0) is 43.9. The molecule has 4 unspecified atom stereocenters. The standard InChI is InChI=1S/2C25H24Cl2N2O2/c2*1-15(2)31-22-14-20(30-3)12-13-21(22)25-28-23(16-4-8-18(26)9-5-16)24(29-25)17-6-10-19(27)11-7-17/h2*4-15,23-24H,1-3H3,(H,28,29). The van der Waals surface area contributed by atoms with Crippen LogP contribution in [0.2, 0.25) is 20.1 Å². The van der Waals surface area contributed by atoms with Crippen molar-refractivity contribution in [2.75, 3.05) is 14.2 Å². The van der Waals surface area contributed by atoms with Crippen LogP contribution in [0, 0.1) is 0 Å². The largest absolute Gasteiger partial charge is 0.497 e. The highest BCUT2D eigenvalue weighted by atomic mass is 35.5. The molecule has 0 radical (unpaired) electrons. The number of nitrogens with one attached hydrogen (secondary N) is 2. The predicted molar refractivity (Wildman–Crippen MR) is 254 cm³/mol. The first-order valence-electron chi connectivity index (χ1n) is 20.3. The maximum atomic E-state index is 6.12. The average molecular weight is 911 g/mol. The molecule has 2 heterocycles. The molecule has 6 aromatic rings. The number of amidine groups is 2. The molecule has 0 spiro atoms. The molecule has 12 heteroatoms. The smallest absolute Gasteiger partial charge is 0.134 e. The van der Waals surface area contributed by atoms with Crippen LogP contribution in [0.4, 0.5) is 0 Å². The van der Waals surface area contributed by atoms with Crippen molar-refractivity contribution in [1.29, 1.82) is 0 Å². The highest BCUT2D eigenvalue weighted by Gasteiger charge is 2.34. The first kappa shape index (κ1) is 44.7. The van der Waals surface area contributed by atoms with E-state index in [0.29, 0.717) is 20.1 Å². The van der Waals surface area contributed by atoms with Gasteiger partial charge in [0.05, 0.1) is 49.6 Å². The van der Waals surface area contributed by atoms with Crippen LogP contribution in [0.1, 0.15) is 85.2 Å². The molecule has 0 saturated heterocycles. The van der Waals surface area contributed by atoms with Gasteiger partial charge in [0.25, 0.3) is 0 Å². The summed E-state index contributed by atoms with van der Waals surface area (Å²) in [6.07, 6.45) is 0.0407. The van der Waals surface area contributed by atoms with Crippen LogP contribution in [0.15, 0.2) is 143 Å². The van der Waals surface area contributed by atoms with E-state index in [4.69, 9.17) is 75.3 Å². The number of hydrogen-bond donors (Lipinski definition) is 2. The molecular formula is C50H48Cl4N4O4. The van der Waals surface area contributed by atoms with Gasteiger partial charge in [-0.2, -0.15) is 0 Å². The highest BCUT2D eigenvalue weighted by Crippen LogP contribution is 2.41. The van der Waals surface area contributed by atoms with Crippen LogP contribution in [0.5, 0.6) is 23.0 Å². The number of halogens is 4. The Morgan fingerprint density at radius 1 is 0.435 bits per heavy atom. The quantitative estimate of drug-likeness (QED) is 0.127. The summed E-state index contributed by atoms with van der Waals surface area (Å²) in [7, 11) is 3.29. The molecule has 0 bridgehead atoms. The van der Waals surface area contributed by atoms with Crippen LogP contribution in [0.3, 0.4) is 0 Å². The van der Waals surface area contributed by atoms with Gasteiger partial charge in [-0.25, -0.2) is 0 Å². The minimum absolute atomic E-state index is 0.0204. The summed E-state index contributed by atoms with van der Waals surface area (Å²) in [5.74, 6) is 4.49. The van der Waals surface area contributed by atoms with E-state index in [2.05, 4.69) is 10.6 Å². The lowest BCUT2D eigenvalue weighted by molar-refractivity contribution is 0.240. The van der Waals surface area contributed by atoms with Crippen molar-refractivity contribution in [2.24, 2.45) is 9.98 Å². The van der Waals surface area contributed by atoms with Gasteiger partial charge in [0.1, 0.15) is 46.8 Å². The van der Waals surface area contributed by atoms with Gasteiger partial charge in [0.2, 0.25) is 0 Å². The van der Waals surface area contributed by atoms with Gasteiger partial charge in [-0.05, 0) is 123 Å². The minimum Gasteiger partial charge on any atom is -0.497 e. The molecule has 2 aliphatic rings. The fourth-order valence-corrected chi connectivity index (χ4v) is 7.83. The van der Waals surface area contributed by atoms with Crippen LogP contribution in [0.25, 0.3) is 0 Å². The van der Waals surface area contributed by atoms with E-state index in [-0.39, 0.29) is 36.4 Å². The Bertz CT molecular complexity index is 2340. The number of aliphatic imine (C=N–C) groups is 2. The van der Waals surface area contributed by atoms with Crippen LogP contribution in [-0.2, 0) is 0 Å². The monoisotopic (exact) mass is 908 g/mol. The maximum Gasteiger partial charge on any atom is 0.134 e. The van der Waals surface area contributed by atoms with E-state index in [0.717, 1.165) is 68.0 Å². The minimum atomic E-state index is -0.123. The Balaban J connectivity index is 0.000000186. The van der Waals surface area contributed by atoms with E-state index < -0.39 is 0 Å². The number of methoxy groups -OCH3 is 2. The number of hydrogen-bond acceptors (Lipinski definition) is 8. The summed E-state index contributed by atoms with van der Waals surface area (Å²) in [5, 5.41) is 10.0. The number of nitrogens with zero attached hydrogens (tertiary/aromatic N) is 2. The predicted octanol–water partition coefficient (Wildman–Crippen LogP) is 13.2. The summed E-state index contributed by atoms with van der Waals surface area (Å²) in [4.78, 5) is 10.1. The van der Waals surface area contributed by atoms with Crippen molar-refractivity contribution < 1.29 is 18.9 Å². The number of rotatable bonds is 12. The molecule has 0 aliphatic carbocycles. The molecule has 320 valence electrons. The fraction of sp³-hybridized carbons (Fsp3) is 0.240. The topological polar surface area (TPSA) is 85.7 Å². The molecule has 0 fully saturated rings. The molecule has 6 aromatic carbocycles. The third-order valence-electron chi connectivity index (χ3n) is 10.2. The molecule has 2 N–H and O–H groups in total. The third kappa shape index (κ3) is 10.8. The Labute approximate surface area is 383 Å². The zero-order valence-corrected chi connectivity index (χ0v) is 38.2. The molecular weight excluding hydrogens is 862 g/mol. The lowest BCUT2D eigenvalue weighted by atomic mass is 9.95. The lowest BCUT2D eigenvalue weighted by Crippen LogP contribution is -2.25. The Morgan fingerprint density at radius 2 is 0.742 bits per heavy atom. The second-order valence-corrected chi connectivity index (χ2v) is 17.1. The van der Waals surface area contributed by atoms with E-state index >= 15 is 0 Å². The van der Waals surface area contributed by atoms with Crippen molar-refractivity contribution in [3.05, 3.63) is 187 Å². The fourth-order valence-electron chi connectivity index (χ4n) is 7.33. The summed E-state index contributed by atoms with van der Waals surface area (Å²) in [6.45, 7) is 8.00. The SMILES string of the molecule is COc1ccc(C2=NC(c3ccc(Cl)cc3)C(c3ccc(Cl)cc3)N2)c(OC(C)C)c1.COc1ccc(C2=NC(c3ccc(Cl)cc3)C(c3ccc(Cl)cc3)N2)c(OC(C)C)c1. The lowest BCUT2D eigenvalue weighted by Gasteiger charge is -2.20. The molecule has 2 aliphatic heterocycles. The molecule has 4 atom stereocenters. The summed E-state index contributed by atoms with van der Waals surface area (Å²) >= 11 is 24.5. The number of benzene rings is 6. The van der Waals surface area contributed by atoms with Crippen LogP contribution >= 0.6 is 46.4 Å². The van der Waals surface area contributed by atoms with Crippen molar-refractivity contribution >= 4 is 58.1 Å². The highest BCUT2D eigenvalue weighted by molar-refractivity contribution is 6.31. The first-order valence-corrected chi connectivity index (χ1v) is 21.8. The van der Waals surface area contributed by atoms with Crippen molar-refractivity contribution in [2.45, 2.75) is 64.1 Å². The van der Waals surface area contributed by atoms with Crippen molar-refractivity contribution in [1.82, 2.24) is 10.6 Å². The van der Waals surface area contributed by atoms with E-state index in [9.17, 15) is 0 Å².